The Bertz CT molecular complexity index is 679. The molecule has 1 amide bonds. The van der Waals surface area contributed by atoms with Crippen molar-refractivity contribution in [1.29, 1.82) is 0 Å². The number of nitrogens with zero attached hydrogens (tertiary/aromatic N) is 2. The zero-order valence-electron chi connectivity index (χ0n) is 12.2. The summed E-state index contributed by atoms with van der Waals surface area (Å²) in [5.74, 6) is 0.741. The van der Waals surface area contributed by atoms with Crippen molar-refractivity contribution >= 4 is 11.6 Å². The molecule has 7 heteroatoms. The third kappa shape index (κ3) is 2.76. The van der Waals surface area contributed by atoms with E-state index in [9.17, 15) is 4.79 Å². The number of hydrogen-bond acceptors (Lipinski definition) is 5. The fourth-order valence-electron chi connectivity index (χ4n) is 1.91. The Morgan fingerprint density at radius 2 is 2.10 bits per heavy atom. The lowest BCUT2D eigenvalue weighted by Crippen LogP contribution is -2.11. The van der Waals surface area contributed by atoms with Gasteiger partial charge in [-0.1, -0.05) is 0 Å². The Hall–Kier alpha value is -2.70. The highest BCUT2D eigenvalue weighted by atomic mass is 16.5. The van der Waals surface area contributed by atoms with E-state index in [2.05, 4.69) is 5.10 Å². The first-order chi connectivity index (χ1) is 9.97. The fraction of sp³-hybridized carbons (Fsp3) is 0.286. The van der Waals surface area contributed by atoms with Gasteiger partial charge in [-0.25, -0.2) is 4.68 Å². The highest BCUT2D eigenvalue weighted by molar-refractivity contribution is 5.93. The van der Waals surface area contributed by atoms with Gasteiger partial charge in [0.1, 0.15) is 5.69 Å². The Balaban J connectivity index is 2.42. The number of amides is 1. The van der Waals surface area contributed by atoms with Gasteiger partial charge >= 0.3 is 0 Å². The van der Waals surface area contributed by atoms with Crippen LogP contribution in [0.2, 0.25) is 0 Å². The van der Waals surface area contributed by atoms with Gasteiger partial charge in [0.05, 0.1) is 12.8 Å². The van der Waals surface area contributed by atoms with Crippen molar-refractivity contribution < 1.29 is 14.3 Å². The first-order valence-corrected chi connectivity index (χ1v) is 6.46. The molecule has 0 bridgehead atoms. The lowest BCUT2D eigenvalue weighted by molar-refractivity contribution is 0.1000. The van der Waals surface area contributed by atoms with Crippen molar-refractivity contribution in [3.63, 3.8) is 0 Å². The van der Waals surface area contributed by atoms with E-state index in [-0.39, 0.29) is 0 Å². The molecule has 1 aromatic carbocycles. The number of carbonyl (C=O) groups is 1. The van der Waals surface area contributed by atoms with E-state index in [0.29, 0.717) is 40.9 Å². The summed E-state index contributed by atoms with van der Waals surface area (Å²) < 4.78 is 12.7. The van der Waals surface area contributed by atoms with Crippen LogP contribution in [-0.2, 0) is 6.54 Å². The molecule has 7 nitrogen and oxygen atoms in total. The second-order valence-corrected chi connectivity index (χ2v) is 4.45. The standard InChI is InChI=1S/C14H18N4O3/c1-4-18-14(12(15)8(2)17-18)21-10-6-5-9(13(16)19)7-11(10)20-3/h5-7H,4,15H2,1-3H3,(H2,16,19). The number of carbonyl (C=O) groups excluding carboxylic acids is 1. The second kappa shape index (κ2) is 5.74. The maximum absolute atomic E-state index is 11.2. The minimum Gasteiger partial charge on any atom is -0.493 e. The van der Waals surface area contributed by atoms with Crippen molar-refractivity contribution in [3.8, 4) is 17.4 Å². The third-order valence-corrected chi connectivity index (χ3v) is 3.08. The summed E-state index contributed by atoms with van der Waals surface area (Å²) >= 11 is 0. The summed E-state index contributed by atoms with van der Waals surface area (Å²) in [5.41, 5.74) is 12.7. The Kier molecular flexibility index (Phi) is 4.02. The number of rotatable bonds is 5. The molecule has 0 radical (unpaired) electrons. The van der Waals surface area contributed by atoms with Crippen LogP contribution in [0.4, 0.5) is 5.69 Å². The number of benzene rings is 1. The van der Waals surface area contributed by atoms with Crippen LogP contribution in [0.3, 0.4) is 0 Å². The quantitative estimate of drug-likeness (QED) is 0.871. The molecule has 0 saturated heterocycles. The normalized spacial score (nSPS) is 10.4. The molecule has 0 unspecified atom stereocenters. The molecular formula is C14H18N4O3. The van der Waals surface area contributed by atoms with Crippen LogP contribution in [0.25, 0.3) is 0 Å². The van der Waals surface area contributed by atoms with Crippen LogP contribution in [0, 0.1) is 6.92 Å². The first kappa shape index (κ1) is 14.7. The maximum atomic E-state index is 11.2. The summed E-state index contributed by atoms with van der Waals surface area (Å²) in [4.78, 5) is 11.2. The summed E-state index contributed by atoms with van der Waals surface area (Å²) in [6, 6.07) is 4.70. The van der Waals surface area contributed by atoms with Gasteiger partial charge in [-0.2, -0.15) is 5.10 Å². The van der Waals surface area contributed by atoms with E-state index in [0.717, 1.165) is 0 Å². The van der Waals surface area contributed by atoms with Crippen molar-refractivity contribution in [2.45, 2.75) is 20.4 Å². The molecule has 4 N–H and O–H groups in total. The maximum Gasteiger partial charge on any atom is 0.248 e. The number of primary amides is 1. The summed E-state index contributed by atoms with van der Waals surface area (Å²) in [6.45, 7) is 4.36. The van der Waals surface area contributed by atoms with Gasteiger partial charge in [-0.15, -0.1) is 0 Å². The predicted octanol–water partition coefficient (Wildman–Crippen LogP) is 1.69. The molecule has 0 atom stereocenters. The third-order valence-electron chi connectivity index (χ3n) is 3.08. The number of aryl methyl sites for hydroxylation is 2. The lowest BCUT2D eigenvalue weighted by atomic mass is 10.2. The van der Waals surface area contributed by atoms with E-state index in [1.165, 1.54) is 13.2 Å². The molecule has 112 valence electrons. The fourth-order valence-corrected chi connectivity index (χ4v) is 1.91. The van der Waals surface area contributed by atoms with E-state index in [1.54, 1.807) is 16.8 Å². The lowest BCUT2D eigenvalue weighted by Gasteiger charge is -2.12. The monoisotopic (exact) mass is 290 g/mol. The molecule has 0 saturated carbocycles. The molecule has 0 aliphatic carbocycles. The zero-order valence-corrected chi connectivity index (χ0v) is 12.2. The van der Waals surface area contributed by atoms with Crippen LogP contribution in [-0.4, -0.2) is 22.8 Å². The first-order valence-electron chi connectivity index (χ1n) is 6.46. The zero-order chi connectivity index (χ0) is 15.6. The SMILES string of the molecule is CCn1nc(C)c(N)c1Oc1ccc(C(N)=O)cc1OC. The summed E-state index contributed by atoms with van der Waals surface area (Å²) in [6.07, 6.45) is 0. The Morgan fingerprint density at radius 3 is 2.67 bits per heavy atom. The average Bonchev–Trinajstić information content (AvgIpc) is 2.75. The van der Waals surface area contributed by atoms with E-state index >= 15 is 0 Å². The van der Waals surface area contributed by atoms with Gasteiger partial charge < -0.3 is 20.9 Å². The molecule has 2 rings (SSSR count). The van der Waals surface area contributed by atoms with Gasteiger partial charge in [0.15, 0.2) is 11.5 Å². The largest absolute Gasteiger partial charge is 0.493 e. The van der Waals surface area contributed by atoms with Crippen molar-refractivity contribution in [1.82, 2.24) is 9.78 Å². The molecule has 0 aliphatic rings. The van der Waals surface area contributed by atoms with E-state index in [4.69, 9.17) is 20.9 Å². The van der Waals surface area contributed by atoms with Crippen LogP contribution >= 0.6 is 0 Å². The number of hydrogen-bond donors (Lipinski definition) is 2. The number of nitrogen functional groups attached to an aromatic ring is 1. The molecule has 0 fully saturated rings. The smallest absolute Gasteiger partial charge is 0.248 e. The minimum atomic E-state index is -0.534. The van der Waals surface area contributed by atoms with Crippen molar-refractivity contribution in [2.75, 3.05) is 12.8 Å². The van der Waals surface area contributed by atoms with Crippen LogP contribution in [0.5, 0.6) is 17.4 Å². The van der Waals surface area contributed by atoms with E-state index in [1.807, 2.05) is 13.8 Å². The highest BCUT2D eigenvalue weighted by Gasteiger charge is 2.17. The number of aromatic nitrogens is 2. The average molecular weight is 290 g/mol. The molecule has 1 heterocycles. The number of nitrogens with two attached hydrogens (primary N) is 2. The molecule has 21 heavy (non-hydrogen) atoms. The van der Waals surface area contributed by atoms with Crippen LogP contribution in [0.1, 0.15) is 23.0 Å². The summed E-state index contributed by atoms with van der Waals surface area (Å²) in [7, 11) is 1.48. The van der Waals surface area contributed by atoms with Crippen molar-refractivity contribution in [2.24, 2.45) is 5.73 Å². The summed E-state index contributed by atoms with van der Waals surface area (Å²) in [5, 5.41) is 4.28. The molecule has 2 aromatic rings. The highest BCUT2D eigenvalue weighted by Crippen LogP contribution is 2.35. The Labute approximate surface area is 122 Å². The predicted molar refractivity (Wildman–Crippen MR) is 78.6 cm³/mol. The van der Waals surface area contributed by atoms with Gasteiger partial charge in [0, 0.05) is 12.1 Å². The molecule has 0 aliphatic heterocycles. The molecule has 0 spiro atoms. The van der Waals surface area contributed by atoms with Gasteiger partial charge in [0.25, 0.3) is 0 Å². The van der Waals surface area contributed by atoms with Crippen LogP contribution < -0.4 is 20.9 Å². The van der Waals surface area contributed by atoms with Gasteiger partial charge in [-0.05, 0) is 32.0 Å². The number of anilines is 1. The Morgan fingerprint density at radius 1 is 1.38 bits per heavy atom. The molecular weight excluding hydrogens is 272 g/mol. The van der Waals surface area contributed by atoms with Crippen LogP contribution in [0.15, 0.2) is 18.2 Å². The number of ether oxygens (including phenoxy) is 2. The van der Waals surface area contributed by atoms with Gasteiger partial charge in [-0.3, -0.25) is 4.79 Å². The topological polar surface area (TPSA) is 105 Å². The van der Waals surface area contributed by atoms with Gasteiger partial charge in [0.2, 0.25) is 11.8 Å². The second-order valence-electron chi connectivity index (χ2n) is 4.45. The number of methoxy groups -OCH3 is 1. The molecule has 1 aromatic heterocycles. The van der Waals surface area contributed by atoms with Crippen molar-refractivity contribution in [3.05, 3.63) is 29.5 Å². The minimum absolute atomic E-state index is 0.340. The van der Waals surface area contributed by atoms with E-state index < -0.39 is 5.91 Å².